The number of benzene rings is 1. The van der Waals surface area contributed by atoms with Crippen molar-refractivity contribution in [1.29, 1.82) is 0 Å². The predicted octanol–water partition coefficient (Wildman–Crippen LogP) is 2.27. The quantitative estimate of drug-likeness (QED) is 0.689. The van der Waals surface area contributed by atoms with Crippen LogP contribution in [-0.2, 0) is 14.3 Å². The first kappa shape index (κ1) is 20.2. The lowest BCUT2D eigenvalue weighted by Gasteiger charge is -2.23. The Morgan fingerprint density at radius 3 is 2.21 bits per heavy atom. The molecule has 0 bridgehead atoms. The van der Waals surface area contributed by atoms with Gasteiger partial charge in [-0.25, -0.2) is 4.79 Å². The summed E-state index contributed by atoms with van der Waals surface area (Å²) >= 11 is 3.30. The second-order valence-corrected chi connectivity index (χ2v) is 6.59. The molecule has 0 heterocycles. The summed E-state index contributed by atoms with van der Waals surface area (Å²) in [7, 11) is 0. The maximum atomic E-state index is 12.3. The van der Waals surface area contributed by atoms with Crippen LogP contribution >= 0.6 is 15.9 Å². The molecule has 0 aliphatic carbocycles. The molecule has 1 aromatic carbocycles. The molecule has 1 aromatic rings. The molecule has 0 fully saturated rings. The van der Waals surface area contributed by atoms with Gasteiger partial charge in [-0.3, -0.25) is 9.59 Å². The van der Waals surface area contributed by atoms with E-state index in [9.17, 15) is 14.4 Å². The van der Waals surface area contributed by atoms with Crippen molar-refractivity contribution in [3.8, 4) is 0 Å². The highest BCUT2D eigenvalue weighted by molar-refractivity contribution is 9.10. The van der Waals surface area contributed by atoms with Gasteiger partial charge in [0.15, 0.2) is 6.10 Å². The monoisotopic (exact) mass is 398 g/mol. The summed E-state index contributed by atoms with van der Waals surface area (Å²) in [5.41, 5.74) is 0.438. The van der Waals surface area contributed by atoms with Crippen LogP contribution in [0.15, 0.2) is 28.7 Å². The summed E-state index contributed by atoms with van der Waals surface area (Å²) in [4.78, 5) is 36.3. The lowest BCUT2D eigenvalue weighted by Crippen LogP contribution is -2.47. The first-order valence-electron chi connectivity index (χ1n) is 7.80. The highest BCUT2D eigenvalue weighted by Gasteiger charge is 2.29. The Balaban J connectivity index is 2.75. The van der Waals surface area contributed by atoms with Crippen LogP contribution in [0, 0.1) is 5.92 Å². The molecule has 132 valence electrons. The molecule has 6 nitrogen and oxygen atoms in total. The number of esters is 1. The van der Waals surface area contributed by atoms with Crippen molar-refractivity contribution in [3.05, 3.63) is 34.3 Å². The van der Waals surface area contributed by atoms with E-state index in [2.05, 4.69) is 26.6 Å². The highest BCUT2D eigenvalue weighted by atomic mass is 79.9. The standard InChI is InChI=1S/C17H23BrN2O4/c1-5-19-15(21)11(4)24-17(23)14(10(2)3)20-16(22)12-6-8-13(18)9-7-12/h6-11,14H,5H2,1-4H3,(H,19,21)(H,20,22)/t11-,14-/m0/s1. The number of ether oxygens (including phenoxy) is 1. The van der Waals surface area contributed by atoms with Crippen LogP contribution in [0.5, 0.6) is 0 Å². The Morgan fingerprint density at radius 2 is 1.71 bits per heavy atom. The van der Waals surface area contributed by atoms with E-state index in [0.29, 0.717) is 12.1 Å². The minimum atomic E-state index is -0.914. The molecule has 0 aliphatic heterocycles. The molecule has 7 heteroatoms. The average molecular weight is 399 g/mol. The first-order valence-corrected chi connectivity index (χ1v) is 8.60. The Hall–Kier alpha value is -1.89. The number of carbonyl (C=O) groups is 3. The van der Waals surface area contributed by atoms with Gasteiger partial charge in [-0.05, 0) is 44.0 Å². The maximum absolute atomic E-state index is 12.3. The molecule has 24 heavy (non-hydrogen) atoms. The molecule has 2 atom stereocenters. The number of amides is 2. The van der Waals surface area contributed by atoms with Crippen LogP contribution in [0.1, 0.15) is 38.1 Å². The molecule has 0 aliphatic rings. The molecule has 0 spiro atoms. The summed E-state index contributed by atoms with van der Waals surface area (Å²) in [5.74, 6) is -1.55. The minimum absolute atomic E-state index is 0.182. The second kappa shape index (κ2) is 9.42. The van der Waals surface area contributed by atoms with E-state index in [1.165, 1.54) is 6.92 Å². The fourth-order valence-corrected chi connectivity index (χ4v) is 2.21. The molecule has 0 unspecified atom stereocenters. The van der Waals surface area contributed by atoms with Crippen LogP contribution in [-0.4, -0.2) is 36.5 Å². The van der Waals surface area contributed by atoms with Crippen LogP contribution < -0.4 is 10.6 Å². The number of hydrogen-bond acceptors (Lipinski definition) is 4. The van der Waals surface area contributed by atoms with Gasteiger partial charge in [-0.1, -0.05) is 29.8 Å². The smallest absolute Gasteiger partial charge is 0.329 e. The van der Waals surface area contributed by atoms with Gasteiger partial charge in [0.2, 0.25) is 0 Å². The molecule has 0 saturated carbocycles. The lowest BCUT2D eigenvalue weighted by atomic mass is 10.0. The zero-order valence-corrected chi connectivity index (χ0v) is 15.8. The van der Waals surface area contributed by atoms with Crippen molar-refractivity contribution in [2.45, 2.75) is 39.8 Å². The SMILES string of the molecule is CCNC(=O)[C@H](C)OC(=O)[C@@H](NC(=O)c1ccc(Br)cc1)C(C)C. The van der Waals surface area contributed by atoms with E-state index >= 15 is 0 Å². The normalized spacial score (nSPS) is 13.1. The van der Waals surface area contributed by atoms with Gasteiger partial charge in [0.1, 0.15) is 6.04 Å². The van der Waals surface area contributed by atoms with E-state index in [1.807, 2.05) is 0 Å². The van der Waals surface area contributed by atoms with Crippen LogP contribution in [0.2, 0.25) is 0 Å². The third kappa shape index (κ3) is 5.96. The number of nitrogens with one attached hydrogen (secondary N) is 2. The summed E-state index contributed by atoms with van der Waals surface area (Å²) in [6.07, 6.45) is -0.914. The number of likely N-dealkylation sites (N-methyl/N-ethyl adjacent to an activating group) is 1. The fourth-order valence-electron chi connectivity index (χ4n) is 1.94. The summed E-state index contributed by atoms with van der Waals surface area (Å²) in [5, 5.41) is 5.25. The van der Waals surface area contributed by atoms with Gasteiger partial charge in [-0.2, -0.15) is 0 Å². The zero-order valence-electron chi connectivity index (χ0n) is 14.3. The van der Waals surface area contributed by atoms with Crippen molar-refractivity contribution in [3.63, 3.8) is 0 Å². The molecule has 1 rings (SSSR count). The number of hydrogen-bond donors (Lipinski definition) is 2. The Morgan fingerprint density at radius 1 is 1.12 bits per heavy atom. The van der Waals surface area contributed by atoms with Gasteiger partial charge in [0.05, 0.1) is 0 Å². The molecule has 0 saturated heterocycles. The van der Waals surface area contributed by atoms with Gasteiger partial charge < -0.3 is 15.4 Å². The number of carbonyl (C=O) groups excluding carboxylic acids is 3. The van der Waals surface area contributed by atoms with Crippen molar-refractivity contribution in [1.82, 2.24) is 10.6 Å². The van der Waals surface area contributed by atoms with Gasteiger partial charge in [0.25, 0.3) is 11.8 Å². The molecule has 2 N–H and O–H groups in total. The number of halogens is 1. The van der Waals surface area contributed by atoms with Crippen LogP contribution in [0.4, 0.5) is 0 Å². The van der Waals surface area contributed by atoms with E-state index in [4.69, 9.17) is 4.74 Å². The average Bonchev–Trinajstić information content (AvgIpc) is 2.52. The van der Waals surface area contributed by atoms with E-state index in [1.54, 1.807) is 45.0 Å². The molecule has 0 radical (unpaired) electrons. The van der Waals surface area contributed by atoms with Crippen molar-refractivity contribution in [2.75, 3.05) is 6.54 Å². The summed E-state index contributed by atoms with van der Waals surface area (Å²) in [6, 6.07) is 5.96. The van der Waals surface area contributed by atoms with Crippen molar-refractivity contribution in [2.24, 2.45) is 5.92 Å². The van der Waals surface area contributed by atoms with Crippen molar-refractivity contribution < 1.29 is 19.1 Å². The third-order valence-electron chi connectivity index (χ3n) is 3.33. The van der Waals surface area contributed by atoms with Crippen LogP contribution in [0.3, 0.4) is 0 Å². The maximum Gasteiger partial charge on any atom is 0.329 e. The van der Waals surface area contributed by atoms with Gasteiger partial charge in [0, 0.05) is 16.6 Å². The largest absolute Gasteiger partial charge is 0.451 e. The Labute approximate surface area is 150 Å². The van der Waals surface area contributed by atoms with Crippen molar-refractivity contribution >= 4 is 33.7 Å². The van der Waals surface area contributed by atoms with E-state index in [-0.39, 0.29) is 17.7 Å². The second-order valence-electron chi connectivity index (χ2n) is 5.68. The zero-order chi connectivity index (χ0) is 18.3. The predicted molar refractivity (Wildman–Crippen MR) is 94.5 cm³/mol. The number of rotatable bonds is 7. The molecular weight excluding hydrogens is 376 g/mol. The first-order chi connectivity index (χ1) is 11.3. The van der Waals surface area contributed by atoms with E-state index < -0.39 is 18.1 Å². The Kier molecular flexibility index (Phi) is 7.91. The van der Waals surface area contributed by atoms with Crippen LogP contribution in [0.25, 0.3) is 0 Å². The van der Waals surface area contributed by atoms with Gasteiger partial charge in [-0.15, -0.1) is 0 Å². The summed E-state index contributed by atoms with van der Waals surface area (Å²) < 4.78 is 6.03. The molecule has 0 aromatic heterocycles. The lowest BCUT2D eigenvalue weighted by molar-refractivity contribution is -0.157. The highest BCUT2D eigenvalue weighted by Crippen LogP contribution is 2.12. The fraction of sp³-hybridized carbons (Fsp3) is 0.471. The minimum Gasteiger partial charge on any atom is -0.451 e. The summed E-state index contributed by atoms with van der Waals surface area (Å²) in [6.45, 7) is 7.32. The topological polar surface area (TPSA) is 84.5 Å². The third-order valence-corrected chi connectivity index (χ3v) is 3.86. The van der Waals surface area contributed by atoms with Gasteiger partial charge >= 0.3 is 5.97 Å². The molecule has 2 amide bonds. The molecular formula is C17H23BrN2O4. The Bertz CT molecular complexity index is 587. The van der Waals surface area contributed by atoms with E-state index in [0.717, 1.165) is 4.47 Å².